The molecule has 4 nitrogen and oxygen atoms in total. The van der Waals surface area contributed by atoms with Crippen molar-refractivity contribution in [3.63, 3.8) is 0 Å². The maximum Gasteiger partial charge on any atom is 0.128 e. The van der Waals surface area contributed by atoms with E-state index in [2.05, 4.69) is 9.97 Å². The van der Waals surface area contributed by atoms with E-state index in [0.29, 0.717) is 12.8 Å². The van der Waals surface area contributed by atoms with Gasteiger partial charge in [0.05, 0.1) is 13.2 Å². The number of pyridine rings is 2. The average Bonchev–Trinajstić information content (AvgIpc) is 2.50. The zero-order valence-corrected chi connectivity index (χ0v) is 12.8. The Bertz CT molecular complexity index is 585. The van der Waals surface area contributed by atoms with Gasteiger partial charge in [0.2, 0.25) is 0 Å². The molecular weight excluding hydrogens is 264 g/mol. The molecule has 0 spiro atoms. The lowest BCUT2D eigenvalue weighted by Gasteiger charge is -2.15. The summed E-state index contributed by atoms with van der Waals surface area (Å²) < 4.78 is 5.40. The first kappa shape index (κ1) is 15.4. The molecule has 0 amide bonds. The van der Waals surface area contributed by atoms with Crippen molar-refractivity contribution in [1.82, 2.24) is 9.97 Å². The Kier molecular flexibility index (Phi) is 5.28. The van der Waals surface area contributed by atoms with Crippen LogP contribution in [-0.2, 0) is 12.8 Å². The predicted molar refractivity (Wildman–Crippen MR) is 82.5 cm³/mol. The third kappa shape index (κ3) is 4.02. The summed E-state index contributed by atoms with van der Waals surface area (Å²) in [6, 6.07) is 5.84. The van der Waals surface area contributed by atoms with Gasteiger partial charge < -0.3 is 9.84 Å². The van der Waals surface area contributed by atoms with Crippen LogP contribution >= 0.6 is 0 Å². The largest absolute Gasteiger partial charge is 0.496 e. The van der Waals surface area contributed by atoms with Gasteiger partial charge in [-0.1, -0.05) is 6.07 Å². The summed E-state index contributed by atoms with van der Waals surface area (Å²) in [7, 11) is 1.66. The Hall–Kier alpha value is -1.94. The number of methoxy groups -OCH3 is 1. The summed E-state index contributed by atoms with van der Waals surface area (Å²) in [5.74, 6) is 0.858. The van der Waals surface area contributed by atoms with Crippen LogP contribution in [0.15, 0.2) is 30.6 Å². The first-order valence-electron chi connectivity index (χ1n) is 7.19. The molecule has 2 aromatic heterocycles. The molecule has 0 aliphatic heterocycles. The number of aryl methyl sites for hydroxylation is 2. The normalized spacial score (nSPS) is 12.2. The topological polar surface area (TPSA) is 55.2 Å². The quantitative estimate of drug-likeness (QED) is 0.887. The molecule has 0 saturated heterocycles. The van der Waals surface area contributed by atoms with Gasteiger partial charge in [-0.2, -0.15) is 0 Å². The van der Waals surface area contributed by atoms with Crippen LogP contribution in [-0.4, -0.2) is 28.3 Å². The minimum absolute atomic E-state index is 0.425. The Morgan fingerprint density at radius 3 is 2.71 bits per heavy atom. The second kappa shape index (κ2) is 7.18. The fourth-order valence-corrected chi connectivity index (χ4v) is 2.46. The number of aliphatic hydroxyl groups is 1. The second-order valence-corrected chi connectivity index (χ2v) is 5.26. The van der Waals surface area contributed by atoms with Crippen molar-refractivity contribution in [2.45, 2.75) is 39.2 Å². The number of hydrogen-bond donors (Lipinski definition) is 1. The molecule has 1 N–H and O–H groups in total. The van der Waals surface area contributed by atoms with Gasteiger partial charge in [0.1, 0.15) is 5.75 Å². The predicted octanol–water partition coefficient (Wildman–Crippen LogP) is 2.64. The van der Waals surface area contributed by atoms with Gasteiger partial charge in [-0.15, -0.1) is 0 Å². The molecule has 0 aliphatic carbocycles. The molecule has 0 bridgehead atoms. The highest BCUT2D eigenvalue weighted by atomic mass is 16.5. The number of ether oxygens (including phenoxy) is 1. The molecule has 2 aromatic rings. The van der Waals surface area contributed by atoms with Gasteiger partial charge >= 0.3 is 0 Å². The fourth-order valence-electron chi connectivity index (χ4n) is 2.46. The first-order chi connectivity index (χ1) is 10.1. The van der Waals surface area contributed by atoms with Crippen molar-refractivity contribution < 1.29 is 9.84 Å². The maximum absolute atomic E-state index is 10.2. The summed E-state index contributed by atoms with van der Waals surface area (Å²) in [6.07, 6.45) is 5.13. The Labute approximate surface area is 125 Å². The third-order valence-corrected chi connectivity index (χ3v) is 3.64. The second-order valence-electron chi connectivity index (χ2n) is 5.26. The number of rotatable bonds is 6. The minimum atomic E-state index is -0.425. The number of hydrogen-bond acceptors (Lipinski definition) is 4. The highest BCUT2D eigenvalue weighted by Gasteiger charge is 2.13. The van der Waals surface area contributed by atoms with E-state index < -0.39 is 6.10 Å². The molecular formula is C17H22N2O2. The SMILES string of the molecule is COc1c(C)cnc(CC(O)CCc2ccccn2)c1C. The van der Waals surface area contributed by atoms with Gasteiger partial charge in [-0.3, -0.25) is 9.97 Å². The Morgan fingerprint density at radius 1 is 1.24 bits per heavy atom. The van der Waals surface area contributed by atoms with E-state index in [9.17, 15) is 5.11 Å². The summed E-state index contributed by atoms with van der Waals surface area (Å²) in [6.45, 7) is 3.96. The molecule has 2 heterocycles. The minimum Gasteiger partial charge on any atom is -0.496 e. The lowest BCUT2D eigenvalue weighted by Crippen LogP contribution is -2.14. The Balaban J connectivity index is 1.98. The third-order valence-electron chi connectivity index (χ3n) is 3.64. The highest BCUT2D eigenvalue weighted by Crippen LogP contribution is 2.25. The van der Waals surface area contributed by atoms with Crippen LogP contribution in [0.5, 0.6) is 5.75 Å². The summed E-state index contributed by atoms with van der Waals surface area (Å²) in [5.41, 5.74) is 3.92. The van der Waals surface area contributed by atoms with Crippen LogP contribution < -0.4 is 4.74 Å². The van der Waals surface area contributed by atoms with Gasteiger partial charge in [-0.05, 0) is 38.8 Å². The van der Waals surface area contributed by atoms with Crippen LogP contribution in [0.4, 0.5) is 0 Å². The highest BCUT2D eigenvalue weighted by molar-refractivity contribution is 5.41. The molecule has 1 unspecified atom stereocenters. The van der Waals surface area contributed by atoms with Gasteiger partial charge in [0.25, 0.3) is 0 Å². The molecule has 0 aromatic carbocycles. The maximum atomic E-state index is 10.2. The monoisotopic (exact) mass is 286 g/mol. The van der Waals surface area contributed by atoms with Gasteiger partial charge in [-0.25, -0.2) is 0 Å². The molecule has 1 atom stereocenters. The number of aromatic nitrogens is 2. The van der Waals surface area contributed by atoms with E-state index in [1.54, 1.807) is 19.5 Å². The van der Waals surface area contributed by atoms with Crippen molar-refractivity contribution in [3.05, 3.63) is 53.1 Å². The van der Waals surface area contributed by atoms with Gasteiger partial charge in [0.15, 0.2) is 0 Å². The molecule has 2 rings (SSSR count). The molecule has 4 heteroatoms. The van der Waals surface area contributed by atoms with Crippen molar-refractivity contribution in [3.8, 4) is 5.75 Å². The average molecular weight is 286 g/mol. The van der Waals surface area contributed by atoms with Crippen LogP contribution in [0, 0.1) is 13.8 Å². The molecule has 0 fully saturated rings. The van der Waals surface area contributed by atoms with Crippen molar-refractivity contribution in [1.29, 1.82) is 0 Å². The molecule has 21 heavy (non-hydrogen) atoms. The number of nitrogens with zero attached hydrogens (tertiary/aromatic N) is 2. The summed E-state index contributed by atoms with van der Waals surface area (Å²) >= 11 is 0. The first-order valence-corrected chi connectivity index (χ1v) is 7.19. The van der Waals surface area contributed by atoms with Crippen molar-refractivity contribution in [2.75, 3.05) is 7.11 Å². The summed E-state index contributed by atoms with van der Waals surface area (Å²) in [5, 5.41) is 10.2. The van der Waals surface area contributed by atoms with E-state index in [0.717, 1.165) is 34.7 Å². The Morgan fingerprint density at radius 2 is 2.05 bits per heavy atom. The zero-order chi connectivity index (χ0) is 15.2. The van der Waals surface area contributed by atoms with E-state index >= 15 is 0 Å². The van der Waals surface area contributed by atoms with Crippen molar-refractivity contribution >= 4 is 0 Å². The van der Waals surface area contributed by atoms with E-state index in [4.69, 9.17) is 4.74 Å². The van der Waals surface area contributed by atoms with Crippen LogP contribution in [0.1, 0.15) is 28.9 Å². The molecule has 0 aliphatic rings. The van der Waals surface area contributed by atoms with Crippen molar-refractivity contribution in [2.24, 2.45) is 0 Å². The molecule has 0 radical (unpaired) electrons. The van der Waals surface area contributed by atoms with Crippen LogP contribution in [0.25, 0.3) is 0 Å². The van der Waals surface area contributed by atoms with E-state index in [1.807, 2.05) is 32.0 Å². The lowest BCUT2D eigenvalue weighted by molar-refractivity contribution is 0.163. The smallest absolute Gasteiger partial charge is 0.128 e. The lowest BCUT2D eigenvalue weighted by atomic mass is 10.0. The van der Waals surface area contributed by atoms with Gasteiger partial charge in [0, 0.05) is 41.3 Å². The summed E-state index contributed by atoms with van der Waals surface area (Å²) in [4.78, 5) is 8.69. The van der Waals surface area contributed by atoms with Crippen LogP contribution in [0.3, 0.4) is 0 Å². The zero-order valence-electron chi connectivity index (χ0n) is 12.8. The van der Waals surface area contributed by atoms with E-state index in [-0.39, 0.29) is 0 Å². The number of aliphatic hydroxyl groups excluding tert-OH is 1. The standard InChI is InChI=1S/C17H22N2O2/c1-12-11-19-16(13(2)17(12)21-3)10-15(20)8-7-14-6-4-5-9-18-14/h4-6,9,11,15,20H,7-8,10H2,1-3H3. The molecule has 112 valence electrons. The van der Waals surface area contributed by atoms with E-state index in [1.165, 1.54) is 0 Å². The fraction of sp³-hybridized carbons (Fsp3) is 0.412. The molecule has 0 saturated carbocycles. The van der Waals surface area contributed by atoms with Crippen LogP contribution in [0.2, 0.25) is 0 Å².